The van der Waals surface area contributed by atoms with Crippen molar-refractivity contribution in [3.8, 4) is 0 Å². The number of rotatable bonds is 9. The van der Waals surface area contributed by atoms with Crippen LogP contribution in [0.25, 0.3) is 0 Å². The number of allylic oxidation sites excluding steroid dienone is 4. The SMILES string of the molecule is C=C(N)/N=C(\C=C(/C)N1CCN(C)CC1)c1ccc2c(c1)CN(/C(=C\CC)Cc1ccc(N3CCCC3)nc1)CC2.CCC. The summed E-state index contributed by atoms with van der Waals surface area (Å²) in [5.74, 6) is 1.44. The lowest BCUT2D eigenvalue weighted by Crippen LogP contribution is -2.43. The highest BCUT2D eigenvalue weighted by atomic mass is 15.2. The lowest BCUT2D eigenvalue weighted by Gasteiger charge is -2.34. The summed E-state index contributed by atoms with van der Waals surface area (Å²) in [7, 11) is 2.18. The number of nitrogens with zero attached hydrogens (tertiary/aromatic N) is 6. The van der Waals surface area contributed by atoms with Crippen LogP contribution in [0.1, 0.15) is 75.6 Å². The van der Waals surface area contributed by atoms with Gasteiger partial charge in [-0.15, -0.1) is 0 Å². The van der Waals surface area contributed by atoms with Crippen molar-refractivity contribution in [3.63, 3.8) is 0 Å². The van der Waals surface area contributed by atoms with E-state index in [9.17, 15) is 0 Å². The lowest BCUT2D eigenvalue weighted by atomic mass is 9.94. The van der Waals surface area contributed by atoms with E-state index in [4.69, 9.17) is 10.7 Å². The Morgan fingerprint density at radius 2 is 1.68 bits per heavy atom. The smallest absolute Gasteiger partial charge is 0.128 e. The Bertz CT molecular complexity index is 1310. The molecule has 2 aromatic rings. The fourth-order valence-electron chi connectivity index (χ4n) is 6.16. The second-order valence-corrected chi connectivity index (χ2v) is 12.4. The molecular weight excluding hydrogens is 542 g/mol. The molecule has 0 spiro atoms. The molecule has 44 heavy (non-hydrogen) atoms. The normalized spacial score (nSPS) is 18.2. The number of likely N-dealkylation sites (N-methyl/N-ethyl adjacent to an activating group) is 1. The van der Waals surface area contributed by atoms with Crippen molar-refractivity contribution in [2.24, 2.45) is 10.7 Å². The van der Waals surface area contributed by atoms with E-state index >= 15 is 0 Å². The van der Waals surface area contributed by atoms with E-state index in [0.717, 1.165) is 88.7 Å². The average molecular weight is 598 g/mol. The fourth-order valence-corrected chi connectivity index (χ4v) is 6.16. The molecular formula is C37H55N7. The van der Waals surface area contributed by atoms with Gasteiger partial charge in [0, 0.05) is 81.9 Å². The van der Waals surface area contributed by atoms with E-state index in [1.807, 2.05) is 0 Å². The standard InChI is InChI=1S/C34H47N7.C3H8/c1-5-8-32(22-28-9-12-34(36-24-28)40-14-6-7-15-40)41-16-13-29-10-11-30(23-31(29)25-41)33(37-27(3)35)21-26(2)39-19-17-38(4)18-20-39;1-3-2/h8-12,21,23-24H,3,5-7,13-20,22,25,35H2,1-2,4H3;3H2,1-2H3/b26-21+,32-8-,37-33+;. The number of nitrogens with two attached hydrogens (primary N) is 1. The molecule has 0 amide bonds. The predicted octanol–water partition coefficient (Wildman–Crippen LogP) is 6.36. The van der Waals surface area contributed by atoms with Crippen LogP contribution in [0.2, 0.25) is 0 Å². The third-order valence-electron chi connectivity index (χ3n) is 8.60. The maximum Gasteiger partial charge on any atom is 0.128 e. The molecule has 5 rings (SSSR count). The number of piperazine rings is 1. The van der Waals surface area contributed by atoms with Gasteiger partial charge in [-0.25, -0.2) is 9.98 Å². The van der Waals surface area contributed by atoms with E-state index in [1.54, 1.807) is 0 Å². The minimum absolute atomic E-state index is 0.333. The molecule has 2 N–H and O–H groups in total. The summed E-state index contributed by atoms with van der Waals surface area (Å²) in [6, 6.07) is 11.2. The van der Waals surface area contributed by atoms with Crippen molar-refractivity contribution < 1.29 is 0 Å². The highest BCUT2D eigenvalue weighted by Crippen LogP contribution is 2.27. The molecule has 0 atom stereocenters. The zero-order valence-electron chi connectivity index (χ0n) is 28.0. The van der Waals surface area contributed by atoms with Gasteiger partial charge in [-0.05, 0) is 74.6 Å². The summed E-state index contributed by atoms with van der Waals surface area (Å²) >= 11 is 0. The molecule has 2 fully saturated rings. The van der Waals surface area contributed by atoms with E-state index < -0.39 is 0 Å². The number of benzene rings is 1. The van der Waals surface area contributed by atoms with Crippen LogP contribution < -0.4 is 10.6 Å². The molecule has 3 aliphatic heterocycles. The third kappa shape index (κ3) is 9.21. The minimum atomic E-state index is 0.333. The molecule has 0 radical (unpaired) electrons. The molecule has 0 aliphatic carbocycles. The number of aromatic nitrogens is 1. The van der Waals surface area contributed by atoms with Crippen LogP contribution in [0.5, 0.6) is 0 Å². The molecule has 7 nitrogen and oxygen atoms in total. The van der Waals surface area contributed by atoms with Gasteiger partial charge < -0.3 is 25.3 Å². The molecule has 0 saturated carbocycles. The quantitative estimate of drug-likeness (QED) is 0.339. The molecule has 4 heterocycles. The maximum atomic E-state index is 6.00. The molecule has 2 saturated heterocycles. The maximum absolute atomic E-state index is 6.00. The first-order valence-electron chi connectivity index (χ1n) is 16.7. The highest BCUT2D eigenvalue weighted by molar-refractivity contribution is 6.09. The molecule has 1 aromatic carbocycles. The van der Waals surface area contributed by atoms with Gasteiger partial charge in [0.15, 0.2) is 0 Å². The first kappa shape index (κ1) is 33.3. The van der Waals surface area contributed by atoms with Gasteiger partial charge in [0.1, 0.15) is 11.6 Å². The summed E-state index contributed by atoms with van der Waals surface area (Å²) in [6.45, 7) is 20.9. The van der Waals surface area contributed by atoms with Crippen LogP contribution in [-0.4, -0.2) is 78.3 Å². The Morgan fingerprint density at radius 1 is 0.955 bits per heavy atom. The van der Waals surface area contributed by atoms with Crippen LogP contribution in [0, 0.1) is 0 Å². The van der Waals surface area contributed by atoms with Crippen molar-refractivity contribution in [2.45, 2.75) is 72.8 Å². The van der Waals surface area contributed by atoms with E-state index in [0.29, 0.717) is 5.82 Å². The number of aliphatic imine (C=N–C) groups is 1. The van der Waals surface area contributed by atoms with Crippen LogP contribution in [0.4, 0.5) is 5.82 Å². The Labute approximate surface area is 266 Å². The van der Waals surface area contributed by atoms with Gasteiger partial charge in [0.2, 0.25) is 0 Å². The van der Waals surface area contributed by atoms with Crippen molar-refractivity contribution in [3.05, 3.63) is 94.7 Å². The topological polar surface area (TPSA) is 64.2 Å². The predicted molar refractivity (Wildman–Crippen MR) is 187 cm³/mol. The van der Waals surface area contributed by atoms with Gasteiger partial charge in [0.05, 0.1) is 5.71 Å². The fraction of sp³-hybridized carbons (Fsp3) is 0.514. The molecule has 0 unspecified atom stereocenters. The van der Waals surface area contributed by atoms with Crippen LogP contribution >= 0.6 is 0 Å². The number of fused-ring (bicyclic) bond motifs is 1. The van der Waals surface area contributed by atoms with Crippen LogP contribution in [-0.2, 0) is 19.4 Å². The Balaban J connectivity index is 0.00000141. The highest BCUT2D eigenvalue weighted by Gasteiger charge is 2.21. The Kier molecular flexibility index (Phi) is 12.5. The van der Waals surface area contributed by atoms with Crippen LogP contribution in [0.3, 0.4) is 0 Å². The van der Waals surface area contributed by atoms with E-state index in [1.165, 1.54) is 47.3 Å². The first-order chi connectivity index (χ1) is 21.3. The van der Waals surface area contributed by atoms with Crippen LogP contribution in [0.15, 0.2) is 77.5 Å². The Morgan fingerprint density at radius 3 is 2.32 bits per heavy atom. The number of hydrogen-bond acceptors (Lipinski definition) is 7. The van der Waals surface area contributed by atoms with Crippen molar-refractivity contribution in [1.29, 1.82) is 0 Å². The van der Waals surface area contributed by atoms with Gasteiger partial charge in [-0.2, -0.15) is 0 Å². The summed E-state index contributed by atoms with van der Waals surface area (Å²) in [5.41, 5.74) is 14.6. The molecule has 7 heteroatoms. The van der Waals surface area contributed by atoms with Gasteiger partial charge >= 0.3 is 0 Å². The largest absolute Gasteiger partial charge is 0.384 e. The Hall–Kier alpha value is -3.58. The number of anilines is 1. The lowest BCUT2D eigenvalue weighted by molar-refractivity contribution is 0.187. The zero-order valence-corrected chi connectivity index (χ0v) is 28.0. The minimum Gasteiger partial charge on any atom is -0.384 e. The van der Waals surface area contributed by atoms with E-state index in [-0.39, 0.29) is 0 Å². The molecule has 1 aromatic heterocycles. The zero-order chi connectivity index (χ0) is 31.5. The monoisotopic (exact) mass is 597 g/mol. The summed E-state index contributed by atoms with van der Waals surface area (Å²) < 4.78 is 0. The second kappa shape index (κ2) is 16.5. The van der Waals surface area contributed by atoms with E-state index in [2.05, 4.69) is 115 Å². The van der Waals surface area contributed by atoms with Gasteiger partial charge in [-0.1, -0.05) is 58.0 Å². The first-order valence-corrected chi connectivity index (χ1v) is 16.7. The number of pyridine rings is 1. The molecule has 0 bridgehead atoms. The van der Waals surface area contributed by atoms with Crippen molar-refractivity contribution in [1.82, 2.24) is 19.7 Å². The molecule has 238 valence electrons. The summed E-state index contributed by atoms with van der Waals surface area (Å²) in [6.07, 6.45) is 13.4. The second-order valence-electron chi connectivity index (χ2n) is 12.4. The van der Waals surface area contributed by atoms with Gasteiger partial charge in [-0.3, -0.25) is 0 Å². The summed E-state index contributed by atoms with van der Waals surface area (Å²) in [4.78, 5) is 19.2. The van der Waals surface area contributed by atoms with Crippen molar-refractivity contribution >= 4 is 11.5 Å². The average Bonchev–Trinajstić information content (AvgIpc) is 3.56. The number of hydrogen-bond donors (Lipinski definition) is 1. The van der Waals surface area contributed by atoms with Gasteiger partial charge in [0.25, 0.3) is 0 Å². The third-order valence-corrected chi connectivity index (χ3v) is 8.60. The van der Waals surface area contributed by atoms with Crippen molar-refractivity contribution in [2.75, 3.05) is 57.8 Å². The molecule has 3 aliphatic rings. The summed E-state index contributed by atoms with van der Waals surface area (Å²) in [5, 5.41) is 0.